The number of benzene rings is 2. The van der Waals surface area contributed by atoms with Gasteiger partial charge in [0.2, 0.25) is 0 Å². The number of hydroxylamine groups is 2. The first-order valence-corrected chi connectivity index (χ1v) is 7.11. The Bertz CT molecular complexity index is 796. The van der Waals surface area contributed by atoms with Crippen LogP contribution >= 0.6 is 0 Å². The Morgan fingerprint density at radius 2 is 1.52 bits per heavy atom. The Balaban J connectivity index is 1.97. The number of imide groups is 1. The molecule has 3 rings (SSSR count). The second kappa shape index (κ2) is 6.37. The molecule has 0 saturated carbocycles. The molecule has 0 spiro atoms. The van der Waals surface area contributed by atoms with Crippen LogP contribution in [-0.2, 0) is 16.0 Å². The Morgan fingerprint density at radius 1 is 0.913 bits per heavy atom. The Labute approximate surface area is 133 Å². The minimum absolute atomic E-state index is 0.0317. The summed E-state index contributed by atoms with van der Waals surface area (Å²) >= 11 is 0. The topological polar surface area (TPSA) is 70.0 Å². The molecule has 0 radical (unpaired) electrons. The minimum atomic E-state index is -0.823. The van der Waals surface area contributed by atoms with Gasteiger partial charge in [-0.1, -0.05) is 60.7 Å². The quantitative estimate of drug-likeness (QED) is 0.538. The summed E-state index contributed by atoms with van der Waals surface area (Å²) in [5.74, 6) is -1.61. The summed E-state index contributed by atoms with van der Waals surface area (Å²) in [6.45, 7) is 0. The van der Waals surface area contributed by atoms with Crippen molar-refractivity contribution in [1.82, 2.24) is 5.06 Å². The maximum absolute atomic E-state index is 12.0. The summed E-state index contributed by atoms with van der Waals surface area (Å²) in [7, 11) is 0. The van der Waals surface area contributed by atoms with Crippen LogP contribution in [0.25, 0.3) is 6.08 Å². The zero-order valence-electron chi connectivity index (χ0n) is 12.2. The van der Waals surface area contributed by atoms with Crippen LogP contribution in [0.4, 0.5) is 0 Å². The SMILES string of the molecule is O=C1C(Cc2ccccc2)=N/C(=C\c2ccccc2)C(=O)N1O. The minimum Gasteiger partial charge on any atom is -0.278 e. The van der Waals surface area contributed by atoms with Crippen molar-refractivity contribution >= 4 is 23.6 Å². The average molecular weight is 306 g/mol. The molecule has 0 aromatic heterocycles. The van der Waals surface area contributed by atoms with Crippen molar-refractivity contribution in [3.8, 4) is 0 Å². The van der Waals surface area contributed by atoms with Gasteiger partial charge >= 0.3 is 5.91 Å². The van der Waals surface area contributed by atoms with Crippen LogP contribution in [-0.4, -0.2) is 27.8 Å². The molecular weight excluding hydrogens is 292 g/mol. The van der Waals surface area contributed by atoms with E-state index in [9.17, 15) is 14.8 Å². The number of aliphatic imine (C=N–C) groups is 1. The van der Waals surface area contributed by atoms with Crippen molar-refractivity contribution in [2.75, 3.05) is 0 Å². The van der Waals surface area contributed by atoms with Gasteiger partial charge in [0, 0.05) is 6.42 Å². The van der Waals surface area contributed by atoms with Crippen molar-refractivity contribution in [3.05, 3.63) is 77.5 Å². The number of amides is 2. The van der Waals surface area contributed by atoms with Gasteiger partial charge in [-0.2, -0.15) is 0 Å². The monoisotopic (exact) mass is 306 g/mol. The van der Waals surface area contributed by atoms with Crippen molar-refractivity contribution in [2.45, 2.75) is 6.42 Å². The molecule has 1 N–H and O–H groups in total. The lowest BCUT2D eigenvalue weighted by Crippen LogP contribution is -2.43. The molecule has 5 nitrogen and oxygen atoms in total. The molecule has 2 aromatic rings. The highest BCUT2D eigenvalue weighted by Crippen LogP contribution is 2.17. The van der Waals surface area contributed by atoms with Crippen LogP contribution < -0.4 is 0 Å². The standard InChI is InChI=1S/C18H14N2O3/c21-17-15(11-13-7-3-1-4-8-13)19-16(18(22)20(17)23)12-14-9-5-2-6-10-14/h1-11,23H,12H2/b15-11-. The van der Waals surface area contributed by atoms with Crippen LogP contribution in [0.3, 0.4) is 0 Å². The molecule has 0 fully saturated rings. The van der Waals surface area contributed by atoms with E-state index in [2.05, 4.69) is 4.99 Å². The molecule has 1 aliphatic heterocycles. The molecule has 2 amide bonds. The van der Waals surface area contributed by atoms with Gasteiger partial charge in [-0.05, 0) is 17.2 Å². The number of rotatable bonds is 3. The van der Waals surface area contributed by atoms with E-state index in [1.165, 1.54) is 0 Å². The van der Waals surface area contributed by atoms with Crippen molar-refractivity contribution in [1.29, 1.82) is 0 Å². The van der Waals surface area contributed by atoms with Crippen LogP contribution in [0, 0.1) is 0 Å². The van der Waals surface area contributed by atoms with Gasteiger partial charge in [0.1, 0.15) is 11.4 Å². The lowest BCUT2D eigenvalue weighted by atomic mass is 10.1. The molecule has 0 unspecified atom stereocenters. The Hall–Kier alpha value is -3.05. The fraction of sp³-hybridized carbons (Fsp3) is 0.0556. The fourth-order valence-electron chi connectivity index (χ4n) is 2.27. The predicted octanol–water partition coefficient (Wildman–Crippen LogP) is 2.47. The summed E-state index contributed by atoms with van der Waals surface area (Å²) < 4.78 is 0. The molecule has 5 heteroatoms. The van der Waals surface area contributed by atoms with E-state index in [1.807, 2.05) is 60.7 Å². The van der Waals surface area contributed by atoms with Crippen LogP contribution in [0.5, 0.6) is 0 Å². The van der Waals surface area contributed by atoms with Gasteiger partial charge in [-0.25, -0.2) is 4.99 Å². The third kappa shape index (κ3) is 3.25. The normalized spacial score (nSPS) is 16.7. The van der Waals surface area contributed by atoms with Crippen LogP contribution in [0.15, 0.2) is 71.4 Å². The van der Waals surface area contributed by atoms with E-state index in [0.717, 1.165) is 11.1 Å². The van der Waals surface area contributed by atoms with Gasteiger partial charge < -0.3 is 0 Å². The van der Waals surface area contributed by atoms with Crippen LogP contribution in [0.2, 0.25) is 0 Å². The fourth-order valence-corrected chi connectivity index (χ4v) is 2.27. The lowest BCUT2D eigenvalue weighted by Gasteiger charge is -2.20. The average Bonchev–Trinajstić information content (AvgIpc) is 2.59. The summed E-state index contributed by atoms with van der Waals surface area (Å²) in [5.41, 5.74) is 1.80. The van der Waals surface area contributed by atoms with E-state index in [4.69, 9.17) is 0 Å². The third-order valence-corrected chi connectivity index (χ3v) is 3.42. The molecule has 0 atom stereocenters. The zero-order valence-corrected chi connectivity index (χ0v) is 12.2. The maximum Gasteiger partial charge on any atom is 0.303 e. The highest BCUT2D eigenvalue weighted by atomic mass is 16.5. The van der Waals surface area contributed by atoms with Crippen LogP contribution in [0.1, 0.15) is 11.1 Å². The van der Waals surface area contributed by atoms with E-state index < -0.39 is 11.8 Å². The van der Waals surface area contributed by atoms with Gasteiger partial charge in [0.05, 0.1) is 0 Å². The van der Waals surface area contributed by atoms with Gasteiger partial charge in [0.15, 0.2) is 0 Å². The Kier molecular flexibility index (Phi) is 4.12. The first kappa shape index (κ1) is 14.9. The molecule has 1 aliphatic rings. The Morgan fingerprint density at radius 3 is 2.17 bits per heavy atom. The predicted molar refractivity (Wildman–Crippen MR) is 85.6 cm³/mol. The van der Waals surface area contributed by atoms with E-state index in [1.54, 1.807) is 6.08 Å². The zero-order chi connectivity index (χ0) is 16.2. The van der Waals surface area contributed by atoms with Gasteiger partial charge in [0.25, 0.3) is 5.91 Å². The maximum atomic E-state index is 12.0. The van der Waals surface area contributed by atoms with E-state index in [0.29, 0.717) is 0 Å². The summed E-state index contributed by atoms with van der Waals surface area (Å²) in [5, 5.41) is 9.88. The van der Waals surface area contributed by atoms with Crippen molar-refractivity contribution < 1.29 is 14.8 Å². The molecule has 114 valence electrons. The lowest BCUT2D eigenvalue weighted by molar-refractivity contribution is -0.171. The molecule has 0 aliphatic carbocycles. The highest BCUT2D eigenvalue weighted by molar-refractivity contribution is 6.44. The molecule has 0 saturated heterocycles. The van der Waals surface area contributed by atoms with Gasteiger partial charge in [-0.15, -0.1) is 5.06 Å². The third-order valence-electron chi connectivity index (χ3n) is 3.42. The number of carbonyl (C=O) groups is 2. The second-order valence-electron chi connectivity index (χ2n) is 5.08. The first-order chi connectivity index (χ1) is 11.1. The second-order valence-corrected chi connectivity index (χ2v) is 5.08. The largest absolute Gasteiger partial charge is 0.303 e. The first-order valence-electron chi connectivity index (χ1n) is 7.11. The van der Waals surface area contributed by atoms with E-state index in [-0.39, 0.29) is 22.9 Å². The van der Waals surface area contributed by atoms with E-state index >= 15 is 0 Å². The van der Waals surface area contributed by atoms with Gasteiger partial charge in [-0.3, -0.25) is 14.8 Å². The smallest absolute Gasteiger partial charge is 0.278 e. The molecular formula is C18H14N2O3. The van der Waals surface area contributed by atoms with Crippen molar-refractivity contribution in [2.24, 2.45) is 4.99 Å². The highest BCUT2D eigenvalue weighted by Gasteiger charge is 2.32. The number of carbonyl (C=O) groups excluding carboxylic acids is 2. The molecule has 0 bridgehead atoms. The number of hydrogen-bond acceptors (Lipinski definition) is 4. The molecule has 1 heterocycles. The summed E-state index contributed by atoms with van der Waals surface area (Å²) in [6.07, 6.45) is 1.79. The molecule has 2 aromatic carbocycles. The van der Waals surface area contributed by atoms with Crippen molar-refractivity contribution in [3.63, 3.8) is 0 Å². The molecule has 23 heavy (non-hydrogen) atoms. The number of hydrogen-bond donors (Lipinski definition) is 1. The summed E-state index contributed by atoms with van der Waals surface area (Å²) in [6, 6.07) is 18.4. The summed E-state index contributed by atoms with van der Waals surface area (Å²) in [4.78, 5) is 28.2. The number of nitrogens with zero attached hydrogens (tertiary/aromatic N) is 2.